The van der Waals surface area contributed by atoms with Crippen LogP contribution in [0.2, 0.25) is 0 Å². The van der Waals surface area contributed by atoms with Crippen molar-refractivity contribution in [1.29, 1.82) is 0 Å². The molecule has 0 spiro atoms. The summed E-state index contributed by atoms with van der Waals surface area (Å²) in [6.45, 7) is 8.93. The fourth-order valence-corrected chi connectivity index (χ4v) is 3.22. The number of ether oxygens (including phenoxy) is 2. The smallest absolute Gasteiger partial charge is 0.323 e. The summed E-state index contributed by atoms with van der Waals surface area (Å²) < 4.78 is 13.1. The fraction of sp³-hybridized carbons (Fsp3) is 0.733. The van der Waals surface area contributed by atoms with E-state index in [-0.39, 0.29) is 24.2 Å². The zero-order chi connectivity index (χ0) is 15.0. The molecule has 2 aliphatic heterocycles. The van der Waals surface area contributed by atoms with Crippen molar-refractivity contribution in [2.75, 3.05) is 19.7 Å². The summed E-state index contributed by atoms with van der Waals surface area (Å²) in [6, 6.07) is 1.96. The zero-order valence-corrected chi connectivity index (χ0v) is 12.9. The van der Waals surface area contributed by atoms with Gasteiger partial charge < -0.3 is 9.47 Å². The number of carbonyl (C=O) groups excluding carboxylic acids is 1. The lowest BCUT2D eigenvalue weighted by Crippen LogP contribution is -2.50. The molecule has 0 unspecified atom stereocenters. The molecule has 3 atom stereocenters. The lowest BCUT2D eigenvalue weighted by atomic mass is 10.1. The van der Waals surface area contributed by atoms with Gasteiger partial charge >= 0.3 is 5.97 Å². The minimum Gasteiger partial charge on any atom is -0.461 e. The molecule has 6 nitrogen and oxygen atoms in total. The van der Waals surface area contributed by atoms with Crippen LogP contribution in [0.1, 0.15) is 24.7 Å². The Balaban J connectivity index is 1.63. The lowest BCUT2D eigenvalue weighted by Gasteiger charge is -2.35. The van der Waals surface area contributed by atoms with Gasteiger partial charge in [0.15, 0.2) is 0 Å². The van der Waals surface area contributed by atoms with Gasteiger partial charge in [0.2, 0.25) is 0 Å². The molecule has 0 radical (unpaired) electrons. The maximum Gasteiger partial charge on any atom is 0.323 e. The molecule has 0 aliphatic carbocycles. The molecule has 21 heavy (non-hydrogen) atoms. The van der Waals surface area contributed by atoms with Crippen molar-refractivity contribution in [3.8, 4) is 0 Å². The first-order chi connectivity index (χ1) is 10.0. The van der Waals surface area contributed by atoms with Crippen LogP contribution in [0.25, 0.3) is 0 Å². The summed E-state index contributed by atoms with van der Waals surface area (Å²) in [7, 11) is 0. The van der Waals surface area contributed by atoms with Gasteiger partial charge in [-0.3, -0.25) is 14.4 Å². The van der Waals surface area contributed by atoms with Crippen LogP contribution in [0.3, 0.4) is 0 Å². The summed E-state index contributed by atoms with van der Waals surface area (Å²) in [4.78, 5) is 14.1. The number of hydrogen-bond acceptors (Lipinski definition) is 5. The molecule has 3 heterocycles. The Morgan fingerprint density at radius 1 is 1.43 bits per heavy atom. The Hall–Kier alpha value is -1.40. The standard InChI is InChI=1S/C15H23N3O3/c1-10-6-11(2)18(16-10)9-13-8-17(4-5-20-13)14-7-12(3)21-15(14)19/h6,12-14H,4-5,7-9H2,1-3H3/t12-,13+,14-/m1/s1. The highest BCUT2D eigenvalue weighted by molar-refractivity contribution is 5.78. The molecule has 1 aromatic heterocycles. The van der Waals surface area contributed by atoms with Crippen LogP contribution in [0.5, 0.6) is 0 Å². The van der Waals surface area contributed by atoms with E-state index in [4.69, 9.17) is 9.47 Å². The van der Waals surface area contributed by atoms with Crippen LogP contribution in [-0.2, 0) is 20.8 Å². The minimum atomic E-state index is -0.105. The second kappa shape index (κ2) is 5.77. The van der Waals surface area contributed by atoms with Gasteiger partial charge in [-0.25, -0.2) is 0 Å². The van der Waals surface area contributed by atoms with Gasteiger partial charge in [-0.2, -0.15) is 5.10 Å². The molecule has 0 saturated carbocycles. The second-order valence-corrected chi connectivity index (χ2v) is 6.10. The van der Waals surface area contributed by atoms with E-state index in [9.17, 15) is 4.79 Å². The molecular formula is C15H23N3O3. The second-order valence-electron chi connectivity index (χ2n) is 6.10. The van der Waals surface area contributed by atoms with E-state index < -0.39 is 0 Å². The Kier molecular flexibility index (Phi) is 3.99. The van der Waals surface area contributed by atoms with Crippen molar-refractivity contribution >= 4 is 5.97 Å². The molecule has 0 bridgehead atoms. The Morgan fingerprint density at radius 2 is 2.24 bits per heavy atom. The molecule has 2 fully saturated rings. The lowest BCUT2D eigenvalue weighted by molar-refractivity contribution is -0.147. The van der Waals surface area contributed by atoms with Gasteiger partial charge in [-0.1, -0.05) is 0 Å². The SMILES string of the molecule is Cc1cc(C)n(C[C@@H]2CN([C@@H]3C[C@@H](C)OC3=O)CCO2)n1. The maximum absolute atomic E-state index is 11.9. The fourth-order valence-electron chi connectivity index (χ4n) is 3.22. The highest BCUT2D eigenvalue weighted by atomic mass is 16.6. The first-order valence-electron chi connectivity index (χ1n) is 7.60. The number of aryl methyl sites for hydroxylation is 2. The predicted octanol–water partition coefficient (Wildman–Crippen LogP) is 0.905. The van der Waals surface area contributed by atoms with Crippen molar-refractivity contribution in [2.45, 2.75) is 52.0 Å². The Labute approximate surface area is 125 Å². The molecule has 0 N–H and O–H groups in total. The number of nitrogens with zero attached hydrogens (tertiary/aromatic N) is 3. The quantitative estimate of drug-likeness (QED) is 0.775. The van der Waals surface area contributed by atoms with Gasteiger partial charge in [0.25, 0.3) is 0 Å². The number of esters is 1. The average molecular weight is 293 g/mol. The summed E-state index contributed by atoms with van der Waals surface area (Å²) in [6.07, 6.45) is 0.881. The highest BCUT2D eigenvalue weighted by Crippen LogP contribution is 2.22. The van der Waals surface area contributed by atoms with Gasteiger partial charge in [0.05, 0.1) is 24.9 Å². The van der Waals surface area contributed by atoms with Crippen molar-refractivity contribution in [3.63, 3.8) is 0 Å². The number of cyclic esters (lactones) is 1. The number of carbonyl (C=O) groups is 1. The Morgan fingerprint density at radius 3 is 2.86 bits per heavy atom. The molecule has 3 rings (SSSR count). The summed E-state index contributed by atoms with van der Waals surface area (Å²) in [5.74, 6) is -0.0886. The Bertz CT molecular complexity index is 528. The number of morpholine rings is 1. The predicted molar refractivity (Wildman–Crippen MR) is 77.0 cm³/mol. The molecule has 116 valence electrons. The maximum atomic E-state index is 11.9. The first-order valence-corrected chi connectivity index (χ1v) is 7.60. The molecule has 2 aliphatic rings. The van der Waals surface area contributed by atoms with Crippen molar-refractivity contribution in [1.82, 2.24) is 14.7 Å². The van der Waals surface area contributed by atoms with Gasteiger partial charge in [-0.15, -0.1) is 0 Å². The van der Waals surface area contributed by atoms with E-state index in [1.165, 1.54) is 0 Å². The third kappa shape index (κ3) is 3.11. The zero-order valence-electron chi connectivity index (χ0n) is 12.9. The van der Waals surface area contributed by atoms with E-state index >= 15 is 0 Å². The topological polar surface area (TPSA) is 56.6 Å². The summed E-state index contributed by atoms with van der Waals surface area (Å²) in [5.41, 5.74) is 2.16. The van der Waals surface area contributed by atoms with Crippen molar-refractivity contribution in [3.05, 3.63) is 17.5 Å². The van der Waals surface area contributed by atoms with Crippen LogP contribution < -0.4 is 0 Å². The van der Waals surface area contributed by atoms with E-state index in [1.54, 1.807) is 0 Å². The number of aromatic nitrogens is 2. The number of hydrogen-bond donors (Lipinski definition) is 0. The third-order valence-electron chi connectivity index (χ3n) is 4.24. The van der Waals surface area contributed by atoms with Crippen LogP contribution in [0, 0.1) is 13.8 Å². The molecule has 6 heteroatoms. The van der Waals surface area contributed by atoms with Crippen LogP contribution in [-0.4, -0.2) is 58.6 Å². The molecule has 0 aromatic carbocycles. The molecule has 0 amide bonds. The molecular weight excluding hydrogens is 270 g/mol. The van der Waals surface area contributed by atoms with Gasteiger partial charge in [-0.05, 0) is 26.8 Å². The monoisotopic (exact) mass is 293 g/mol. The van der Waals surface area contributed by atoms with Crippen molar-refractivity contribution in [2.24, 2.45) is 0 Å². The largest absolute Gasteiger partial charge is 0.461 e. The molecule has 2 saturated heterocycles. The third-order valence-corrected chi connectivity index (χ3v) is 4.24. The number of rotatable bonds is 3. The van der Waals surface area contributed by atoms with E-state index in [1.807, 2.05) is 18.5 Å². The average Bonchev–Trinajstić information content (AvgIpc) is 2.92. The normalized spacial score (nSPS) is 30.6. The van der Waals surface area contributed by atoms with E-state index in [0.717, 1.165) is 37.4 Å². The van der Waals surface area contributed by atoms with Gasteiger partial charge in [0.1, 0.15) is 12.1 Å². The van der Waals surface area contributed by atoms with Crippen molar-refractivity contribution < 1.29 is 14.3 Å². The van der Waals surface area contributed by atoms with Crippen LogP contribution in [0.15, 0.2) is 6.07 Å². The van der Waals surface area contributed by atoms with Crippen LogP contribution in [0.4, 0.5) is 0 Å². The van der Waals surface area contributed by atoms with Crippen LogP contribution >= 0.6 is 0 Å². The van der Waals surface area contributed by atoms with E-state index in [0.29, 0.717) is 6.61 Å². The van der Waals surface area contributed by atoms with Gasteiger partial charge in [0, 0.05) is 25.2 Å². The first kappa shape index (κ1) is 14.5. The summed E-state index contributed by atoms with van der Waals surface area (Å²) >= 11 is 0. The molecule has 1 aromatic rings. The minimum absolute atomic E-state index is 0.0276. The van der Waals surface area contributed by atoms with E-state index in [2.05, 4.69) is 23.0 Å². The highest BCUT2D eigenvalue weighted by Gasteiger charge is 2.38. The summed E-state index contributed by atoms with van der Waals surface area (Å²) in [5, 5.41) is 4.48.